The van der Waals surface area contributed by atoms with E-state index in [0.717, 1.165) is 16.7 Å². The number of fused-ring (bicyclic) bond motifs is 3. The molecule has 0 spiro atoms. The lowest BCUT2D eigenvalue weighted by atomic mass is 9.99. The number of para-hydroxylation sites is 2. The molecule has 0 aliphatic heterocycles. The van der Waals surface area contributed by atoms with Gasteiger partial charge in [0, 0.05) is 16.3 Å². The van der Waals surface area contributed by atoms with Crippen LogP contribution in [0.3, 0.4) is 0 Å². The van der Waals surface area contributed by atoms with Crippen LogP contribution >= 0.6 is 0 Å². The molecular weight excluding hydrogens is 304 g/mol. The maximum Gasteiger partial charge on any atom is 0.143 e. The van der Waals surface area contributed by atoms with Gasteiger partial charge in [0.05, 0.1) is 0 Å². The maximum absolute atomic E-state index is 6.15. The van der Waals surface area contributed by atoms with Crippen molar-refractivity contribution < 1.29 is 4.42 Å². The molecule has 1 heteroatoms. The number of hydrogen-bond donors (Lipinski definition) is 0. The zero-order chi connectivity index (χ0) is 17.2. The van der Waals surface area contributed by atoms with Crippen molar-refractivity contribution in [2.45, 2.75) is 13.8 Å². The van der Waals surface area contributed by atoms with Gasteiger partial charge in [-0.15, -0.1) is 0 Å². The Labute approximate surface area is 147 Å². The Morgan fingerprint density at radius 1 is 0.840 bits per heavy atom. The third-order valence-electron chi connectivity index (χ3n) is 4.59. The highest BCUT2D eigenvalue weighted by Gasteiger charge is 2.11. The molecule has 4 rings (SSSR count). The molecule has 0 bridgehead atoms. The minimum absolute atomic E-state index is 0.937. The van der Waals surface area contributed by atoms with Gasteiger partial charge in [0.1, 0.15) is 11.2 Å². The van der Waals surface area contributed by atoms with Gasteiger partial charge in [-0.25, -0.2) is 0 Å². The summed E-state index contributed by atoms with van der Waals surface area (Å²) in [6.45, 7) is 4.16. The molecule has 0 aliphatic rings. The van der Waals surface area contributed by atoms with Crippen LogP contribution in [0.2, 0.25) is 0 Å². The highest BCUT2D eigenvalue weighted by molar-refractivity contribution is 6.09. The van der Waals surface area contributed by atoms with E-state index in [0.29, 0.717) is 0 Å². The Morgan fingerprint density at radius 3 is 2.40 bits per heavy atom. The fourth-order valence-electron chi connectivity index (χ4n) is 3.22. The Balaban J connectivity index is 1.82. The Morgan fingerprint density at radius 2 is 1.60 bits per heavy atom. The lowest BCUT2D eigenvalue weighted by Crippen LogP contribution is -1.82. The third kappa shape index (κ3) is 2.78. The minimum Gasteiger partial charge on any atom is -0.455 e. The predicted octanol–water partition coefficient (Wildman–Crippen LogP) is 7.23. The van der Waals surface area contributed by atoms with Gasteiger partial charge in [-0.1, -0.05) is 78.9 Å². The number of furan rings is 1. The van der Waals surface area contributed by atoms with Crippen LogP contribution in [0.25, 0.3) is 38.6 Å². The van der Waals surface area contributed by atoms with Crippen LogP contribution in [0.4, 0.5) is 0 Å². The van der Waals surface area contributed by atoms with Crippen LogP contribution in [0.1, 0.15) is 19.4 Å². The summed E-state index contributed by atoms with van der Waals surface area (Å²) >= 11 is 0. The quantitative estimate of drug-likeness (QED) is 0.362. The molecule has 0 N–H and O–H groups in total. The summed E-state index contributed by atoms with van der Waals surface area (Å²) in [6.07, 6.45) is 6.24. The van der Waals surface area contributed by atoms with Crippen LogP contribution in [-0.2, 0) is 0 Å². The number of benzene rings is 3. The fourth-order valence-corrected chi connectivity index (χ4v) is 3.22. The van der Waals surface area contributed by atoms with Crippen molar-refractivity contribution in [1.82, 2.24) is 0 Å². The highest BCUT2D eigenvalue weighted by atomic mass is 16.3. The van der Waals surface area contributed by atoms with Crippen molar-refractivity contribution in [2.75, 3.05) is 0 Å². The van der Waals surface area contributed by atoms with Crippen molar-refractivity contribution in [2.24, 2.45) is 0 Å². The fraction of sp³-hybridized carbons (Fsp3) is 0.0833. The SMILES string of the molecule is C/C=C\C=C(/C)c1ccc(-c2cccc3c2oc2ccccc23)cc1. The molecule has 122 valence electrons. The van der Waals surface area contributed by atoms with Gasteiger partial charge in [0.25, 0.3) is 0 Å². The first kappa shape index (κ1) is 15.5. The standard InChI is InChI=1S/C24H20O/c1-3-4-8-17(2)18-13-15-19(16-14-18)20-10-7-11-22-21-9-5-6-12-23(21)25-24(20)22/h3-16H,1-2H3/b4-3-,17-8+. The molecule has 1 aromatic heterocycles. The van der Waals surface area contributed by atoms with Gasteiger partial charge in [-0.05, 0) is 36.6 Å². The molecule has 1 nitrogen and oxygen atoms in total. The maximum atomic E-state index is 6.15. The summed E-state index contributed by atoms with van der Waals surface area (Å²) < 4.78 is 6.15. The average molecular weight is 324 g/mol. The summed E-state index contributed by atoms with van der Waals surface area (Å²) in [7, 11) is 0. The first-order valence-electron chi connectivity index (χ1n) is 8.58. The predicted molar refractivity (Wildman–Crippen MR) is 108 cm³/mol. The molecule has 3 aromatic carbocycles. The Bertz CT molecular complexity index is 1090. The van der Waals surface area contributed by atoms with Crippen molar-refractivity contribution in [1.29, 1.82) is 0 Å². The van der Waals surface area contributed by atoms with E-state index in [-0.39, 0.29) is 0 Å². The van der Waals surface area contributed by atoms with E-state index in [1.807, 2.05) is 25.1 Å². The molecule has 0 saturated carbocycles. The first-order valence-corrected chi connectivity index (χ1v) is 8.58. The molecule has 0 saturated heterocycles. The number of allylic oxidation sites excluding steroid dienone is 4. The highest BCUT2D eigenvalue weighted by Crippen LogP contribution is 2.35. The molecule has 0 unspecified atom stereocenters. The summed E-state index contributed by atoms with van der Waals surface area (Å²) in [5.41, 5.74) is 6.69. The van der Waals surface area contributed by atoms with Crippen LogP contribution in [0, 0.1) is 0 Å². The summed E-state index contributed by atoms with van der Waals surface area (Å²) in [4.78, 5) is 0. The zero-order valence-corrected chi connectivity index (χ0v) is 14.5. The molecule has 0 radical (unpaired) electrons. The van der Waals surface area contributed by atoms with Crippen LogP contribution < -0.4 is 0 Å². The summed E-state index contributed by atoms with van der Waals surface area (Å²) in [5.74, 6) is 0. The number of rotatable bonds is 3. The minimum atomic E-state index is 0.937. The van der Waals surface area contributed by atoms with E-state index in [1.54, 1.807) is 0 Å². The monoisotopic (exact) mass is 324 g/mol. The van der Waals surface area contributed by atoms with Gasteiger partial charge >= 0.3 is 0 Å². The normalized spacial score (nSPS) is 12.5. The molecule has 0 atom stereocenters. The number of hydrogen-bond acceptors (Lipinski definition) is 1. The third-order valence-corrected chi connectivity index (χ3v) is 4.59. The van der Waals surface area contributed by atoms with Crippen molar-refractivity contribution in [3.63, 3.8) is 0 Å². The second kappa shape index (κ2) is 6.45. The molecule has 1 heterocycles. The molecule has 4 aromatic rings. The van der Waals surface area contributed by atoms with Gasteiger partial charge in [-0.3, -0.25) is 0 Å². The van der Waals surface area contributed by atoms with E-state index in [1.165, 1.54) is 27.5 Å². The largest absolute Gasteiger partial charge is 0.455 e. The van der Waals surface area contributed by atoms with Gasteiger partial charge in [0.2, 0.25) is 0 Å². The van der Waals surface area contributed by atoms with Crippen LogP contribution in [0.15, 0.2) is 89.4 Å². The van der Waals surface area contributed by atoms with E-state index < -0.39 is 0 Å². The lowest BCUT2D eigenvalue weighted by molar-refractivity contribution is 0.670. The smallest absolute Gasteiger partial charge is 0.143 e. The van der Waals surface area contributed by atoms with Gasteiger partial charge < -0.3 is 4.42 Å². The van der Waals surface area contributed by atoms with E-state index in [9.17, 15) is 0 Å². The molecule has 0 amide bonds. The summed E-state index contributed by atoms with van der Waals surface area (Å²) in [6, 6.07) is 23.3. The average Bonchev–Trinajstić information content (AvgIpc) is 3.05. The van der Waals surface area contributed by atoms with E-state index in [4.69, 9.17) is 4.42 Å². The van der Waals surface area contributed by atoms with Crippen molar-refractivity contribution in [3.05, 3.63) is 90.5 Å². The Hall–Kier alpha value is -3.06. The second-order valence-electron chi connectivity index (χ2n) is 6.23. The van der Waals surface area contributed by atoms with Crippen LogP contribution in [-0.4, -0.2) is 0 Å². The molecular formula is C24H20O. The van der Waals surface area contributed by atoms with E-state index >= 15 is 0 Å². The van der Waals surface area contributed by atoms with Crippen molar-refractivity contribution in [3.8, 4) is 11.1 Å². The topological polar surface area (TPSA) is 13.1 Å². The molecule has 0 fully saturated rings. The first-order chi connectivity index (χ1) is 12.3. The second-order valence-corrected chi connectivity index (χ2v) is 6.23. The van der Waals surface area contributed by atoms with Crippen LogP contribution in [0.5, 0.6) is 0 Å². The summed E-state index contributed by atoms with van der Waals surface area (Å²) in [5, 5.41) is 2.34. The van der Waals surface area contributed by atoms with Gasteiger partial charge in [0.15, 0.2) is 0 Å². The zero-order valence-electron chi connectivity index (χ0n) is 14.5. The Kier molecular flexibility index (Phi) is 3.99. The van der Waals surface area contributed by atoms with Crippen molar-refractivity contribution >= 4 is 27.5 Å². The van der Waals surface area contributed by atoms with E-state index in [2.05, 4.69) is 73.7 Å². The van der Waals surface area contributed by atoms with Gasteiger partial charge in [-0.2, -0.15) is 0 Å². The molecule has 25 heavy (non-hydrogen) atoms. The molecule has 0 aliphatic carbocycles. The lowest BCUT2D eigenvalue weighted by Gasteiger charge is -2.05.